The molecule has 2 aromatic carbocycles. The highest BCUT2D eigenvalue weighted by atomic mass is 35.5. The van der Waals surface area contributed by atoms with Crippen LogP contribution in [0.1, 0.15) is 19.8 Å². The van der Waals surface area contributed by atoms with Gasteiger partial charge in [-0.05, 0) is 55.8 Å². The Bertz CT molecular complexity index is 647. The van der Waals surface area contributed by atoms with E-state index >= 15 is 0 Å². The van der Waals surface area contributed by atoms with Crippen LogP contribution in [0.4, 0.5) is 5.69 Å². The van der Waals surface area contributed by atoms with Gasteiger partial charge in [0.05, 0.1) is 18.9 Å². The second-order valence-corrected chi connectivity index (χ2v) is 5.48. The highest BCUT2D eigenvalue weighted by molar-refractivity contribution is 6.30. The second kappa shape index (κ2) is 9.67. The lowest BCUT2D eigenvalue weighted by Gasteiger charge is -2.10. The largest absolute Gasteiger partial charge is 0.494 e. The lowest BCUT2D eigenvalue weighted by molar-refractivity contribution is -0.120. The Hall–Kier alpha value is -2.40. The van der Waals surface area contributed by atoms with Crippen LogP contribution in [0.15, 0.2) is 48.5 Å². The molecule has 0 aliphatic rings. The second-order valence-electron chi connectivity index (χ2n) is 5.04. The summed E-state index contributed by atoms with van der Waals surface area (Å²) in [5, 5.41) is 0.609. The molecule has 0 spiro atoms. The molecule has 0 aliphatic heterocycles. The molecule has 24 heavy (non-hydrogen) atoms. The lowest BCUT2D eigenvalue weighted by atomic mass is 10.3. The van der Waals surface area contributed by atoms with E-state index in [1.807, 2.05) is 43.3 Å². The van der Waals surface area contributed by atoms with Crippen molar-refractivity contribution in [2.24, 2.45) is 0 Å². The topological polar surface area (TPSA) is 59.6 Å². The van der Waals surface area contributed by atoms with Gasteiger partial charge in [-0.2, -0.15) is 0 Å². The van der Waals surface area contributed by atoms with Gasteiger partial charge in [-0.25, -0.2) is 0 Å². The number of amides is 1. The first kappa shape index (κ1) is 17.9. The number of rotatable bonds is 9. The van der Waals surface area contributed by atoms with Crippen LogP contribution in [0.25, 0.3) is 0 Å². The number of nitrogens with one attached hydrogen (secondary N) is 2. The van der Waals surface area contributed by atoms with Crippen molar-refractivity contribution in [1.82, 2.24) is 5.43 Å². The van der Waals surface area contributed by atoms with Crippen molar-refractivity contribution >= 4 is 23.2 Å². The smallest absolute Gasteiger partial charge is 0.238 e. The molecular weight excluding hydrogens is 328 g/mol. The predicted octanol–water partition coefficient (Wildman–Crippen LogP) is 4.04. The molecule has 0 aliphatic carbocycles. The first-order valence-electron chi connectivity index (χ1n) is 7.83. The molecule has 2 N–H and O–H groups in total. The Balaban J connectivity index is 1.62. The summed E-state index contributed by atoms with van der Waals surface area (Å²) in [5.41, 5.74) is 6.19. The summed E-state index contributed by atoms with van der Waals surface area (Å²) in [4.78, 5) is 11.8. The normalized spacial score (nSPS) is 10.1. The number of benzene rings is 2. The summed E-state index contributed by atoms with van der Waals surface area (Å²) in [6.45, 7) is 3.05. The third kappa shape index (κ3) is 6.38. The van der Waals surface area contributed by atoms with E-state index in [9.17, 15) is 4.79 Å². The van der Waals surface area contributed by atoms with Crippen LogP contribution in [0, 0.1) is 0 Å². The van der Waals surface area contributed by atoms with Crippen molar-refractivity contribution in [2.45, 2.75) is 19.8 Å². The van der Waals surface area contributed by atoms with Crippen molar-refractivity contribution in [3.63, 3.8) is 0 Å². The number of hydrazine groups is 1. The number of ether oxygens (including phenoxy) is 2. The van der Waals surface area contributed by atoms with Gasteiger partial charge in [-0.1, -0.05) is 17.7 Å². The zero-order valence-electron chi connectivity index (χ0n) is 13.5. The minimum atomic E-state index is -0.106. The highest BCUT2D eigenvalue weighted by Gasteiger charge is 2.02. The van der Waals surface area contributed by atoms with Crippen molar-refractivity contribution in [1.29, 1.82) is 0 Å². The van der Waals surface area contributed by atoms with Gasteiger partial charge >= 0.3 is 0 Å². The molecule has 128 valence electrons. The molecule has 0 bridgehead atoms. The summed E-state index contributed by atoms with van der Waals surface area (Å²) in [6, 6.07) is 14.6. The third-order valence-electron chi connectivity index (χ3n) is 3.12. The van der Waals surface area contributed by atoms with Gasteiger partial charge in [-0.15, -0.1) is 0 Å². The molecule has 0 fully saturated rings. The maximum Gasteiger partial charge on any atom is 0.238 e. The van der Waals surface area contributed by atoms with E-state index in [1.54, 1.807) is 12.1 Å². The summed E-state index contributed by atoms with van der Waals surface area (Å²) < 4.78 is 11.0. The predicted molar refractivity (Wildman–Crippen MR) is 95.6 cm³/mol. The van der Waals surface area contributed by atoms with Gasteiger partial charge in [0.25, 0.3) is 0 Å². The number of hydrogen-bond acceptors (Lipinski definition) is 4. The molecular formula is C18H21ClN2O3. The minimum absolute atomic E-state index is 0.106. The molecule has 0 heterocycles. The summed E-state index contributed by atoms with van der Waals surface area (Å²) in [7, 11) is 0. The molecule has 0 unspecified atom stereocenters. The number of carbonyl (C=O) groups excluding carboxylic acids is 1. The van der Waals surface area contributed by atoms with Crippen LogP contribution in [0.2, 0.25) is 5.02 Å². The van der Waals surface area contributed by atoms with Gasteiger partial charge in [0.1, 0.15) is 11.5 Å². The van der Waals surface area contributed by atoms with Crippen molar-refractivity contribution < 1.29 is 14.3 Å². The van der Waals surface area contributed by atoms with E-state index in [1.165, 1.54) is 0 Å². The molecule has 0 aromatic heterocycles. The van der Waals surface area contributed by atoms with Crippen LogP contribution < -0.4 is 20.3 Å². The maximum absolute atomic E-state index is 11.8. The molecule has 2 rings (SSSR count). The SMILES string of the molecule is CCOc1ccc(OCCCC(=O)NNc2cccc(Cl)c2)cc1. The van der Waals surface area contributed by atoms with E-state index < -0.39 is 0 Å². The van der Waals surface area contributed by atoms with E-state index in [-0.39, 0.29) is 5.91 Å². The number of anilines is 1. The van der Waals surface area contributed by atoms with Crippen molar-refractivity contribution in [2.75, 3.05) is 18.6 Å². The number of hydrogen-bond donors (Lipinski definition) is 2. The van der Waals surface area contributed by atoms with Crippen LogP contribution in [-0.4, -0.2) is 19.1 Å². The fraction of sp³-hybridized carbons (Fsp3) is 0.278. The van der Waals surface area contributed by atoms with E-state index in [0.29, 0.717) is 31.1 Å². The van der Waals surface area contributed by atoms with Gasteiger partial charge in [0.2, 0.25) is 5.91 Å². The molecule has 5 nitrogen and oxygen atoms in total. The standard InChI is InChI=1S/C18H21ClN2O3/c1-2-23-16-8-10-17(11-9-16)24-12-4-7-18(22)21-20-15-6-3-5-14(19)13-15/h3,5-6,8-11,13,20H,2,4,7,12H2,1H3,(H,21,22). The molecule has 1 amide bonds. The zero-order chi connectivity index (χ0) is 17.2. The molecule has 2 aromatic rings. The third-order valence-corrected chi connectivity index (χ3v) is 3.36. The van der Waals surface area contributed by atoms with Crippen LogP contribution in [0.5, 0.6) is 11.5 Å². The number of carbonyl (C=O) groups is 1. The fourth-order valence-electron chi connectivity index (χ4n) is 1.99. The van der Waals surface area contributed by atoms with E-state index in [2.05, 4.69) is 10.9 Å². The Labute approximate surface area is 146 Å². The van der Waals surface area contributed by atoms with Gasteiger partial charge < -0.3 is 9.47 Å². The van der Waals surface area contributed by atoms with Gasteiger partial charge in [0, 0.05) is 11.4 Å². The Morgan fingerprint density at radius 1 is 1.08 bits per heavy atom. The zero-order valence-corrected chi connectivity index (χ0v) is 14.3. The average molecular weight is 349 g/mol. The molecule has 0 radical (unpaired) electrons. The molecule has 6 heteroatoms. The van der Waals surface area contributed by atoms with Crippen LogP contribution in [-0.2, 0) is 4.79 Å². The summed E-state index contributed by atoms with van der Waals surface area (Å²) in [6.07, 6.45) is 0.987. The number of halogens is 1. The maximum atomic E-state index is 11.8. The first-order valence-corrected chi connectivity index (χ1v) is 8.21. The van der Waals surface area contributed by atoms with Crippen molar-refractivity contribution in [3.8, 4) is 11.5 Å². The van der Waals surface area contributed by atoms with E-state index in [4.69, 9.17) is 21.1 Å². The molecule has 0 saturated carbocycles. The highest BCUT2D eigenvalue weighted by Crippen LogP contribution is 2.17. The lowest BCUT2D eigenvalue weighted by Crippen LogP contribution is -2.29. The molecule has 0 saturated heterocycles. The Kier molecular flexibility index (Phi) is 7.23. The molecule has 0 atom stereocenters. The Morgan fingerprint density at radius 2 is 1.79 bits per heavy atom. The summed E-state index contributed by atoms with van der Waals surface area (Å²) in [5.74, 6) is 1.47. The monoisotopic (exact) mass is 348 g/mol. The average Bonchev–Trinajstić information content (AvgIpc) is 2.59. The first-order chi connectivity index (χ1) is 11.7. The Morgan fingerprint density at radius 3 is 2.46 bits per heavy atom. The summed E-state index contributed by atoms with van der Waals surface area (Å²) >= 11 is 5.87. The van der Waals surface area contributed by atoms with E-state index in [0.717, 1.165) is 17.2 Å². The quantitative estimate of drug-likeness (QED) is 0.530. The van der Waals surface area contributed by atoms with Crippen molar-refractivity contribution in [3.05, 3.63) is 53.6 Å². The van der Waals surface area contributed by atoms with Crippen LogP contribution in [0.3, 0.4) is 0 Å². The van der Waals surface area contributed by atoms with Gasteiger partial charge in [0.15, 0.2) is 0 Å². The van der Waals surface area contributed by atoms with Gasteiger partial charge in [-0.3, -0.25) is 15.6 Å². The fourth-order valence-corrected chi connectivity index (χ4v) is 2.18. The van der Waals surface area contributed by atoms with Crippen LogP contribution >= 0.6 is 11.6 Å². The minimum Gasteiger partial charge on any atom is -0.494 e.